The van der Waals surface area contributed by atoms with Gasteiger partial charge in [0.2, 0.25) is 0 Å². The summed E-state index contributed by atoms with van der Waals surface area (Å²) in [7, 11) is -0.602. The Labute approximate surface area is 111 Å². The minimum Gasteiger partial charge on any atom is -0.468 e. The van der Waals surface area contributed by atoms with E-state index < -0.39 is 10.8 Å². The molecule has 1 saturated heterocycles. The third-order valence-electron chi connectivity index (χ3n) is 3.17. The molecular weight excluding hydrogens is 248 g/mol. The van der Waals surface area contributed by atoms with Crippen molar-refractivity contribution in [1.82, 2.24) is 10.2 Å². The fraction of sp³-hybridized carbons (Fsp3) is 0.692. The average molecular weight is 270 g/mol. The molecule has 0 radical (unpaired) electrons. The quantitative estimate of drug-likeness (QED) is 0.877. The number of nitrogens with zero attached hydrogens (tertiary/aromatic N) is 1. The highest BCUT2D eigenvalue weighted by molar-refractivity contribution is 7.85. The maximum Gasteiger partial charge on any atom is 0.122 e. The topological polar surface area (TPSA) is 45.5 Å². The molecule has 1 aliphatic rings. The van der Waals surface area contributed by atoms with Gasteiger partial charge in [0.25, 0.3) is 0 Å². The first-order valence-corrected chi connectivity index (χ1v) is 8.00. The van der Waals surface area contributed by atoms with Gasteiger partial charge >= 0.3 is 0 Å². The molecular formula is C13H22N2O2S. The van der Waals surface area contributed by atoms with Gasteiger partial charge in [-0.05, 0) is 6.07 Å². The van der Waals surface area contributed by atoms with E-state index >= 15 is 0 Å². The van der Waals surface area contributed by atoms with Gasteiger partial charge in [-0.3, -0.25) is 9.11 Å². The fourth-order valence-corrected chi connectivity index (χ4v) is 3.16. The molecule has 0 saturated carbocycles. The average Bonchev–Trinajstić information content (AvgIpc) is 2.77. The Hall–Kier alpha value is -0.650. The van der Waals surface area contributed by atoms with E-state index in [2.05, 4.69) is 24.1 Å². The minimum atomic E-state index is -0.602. The standard InChI is InChI=1S/C13H22N2O2S/c1-11(2)14-9-13-12(3-6-17-13)10-15-4-7-18(16)8-5-15/h3,6,11,14H,4-5,7-10H2,1-2H3. The molecule has 0 amide bonds. The maximum absolute atomic E-state index is 11.3. The van der Waals surface area contributed by atoms with Crippen LogP contribution < -0.4 is 5.32 Å². The van der Waals surface area contributed by atoms with Gasteiger partial charge in [0.05, 0.1) is 12.8 Å². The second kappa shape index (κ2) is 6.50. The van der Waals surface area contributed by atoms with Crippen molar-refractivity contribution in [1.29, 1.82) is 0 Å². The summed E-state index contributed by atoms with van der Waals surface area (Å²) >= 11 is 0. The second-order valence-corrected chi connectivity index (χ2v) is 6.72. The van der Waals surface area contributed by atoms with Gasteiger partial charge in [0, 0.05) is 53.5 Å². The molecule has 0 unspecified atom stereocenters. The maximum atomic E-state index is 11.3. The summed E-state index contributed by atoms with van der Waals surface area (Å²) in [6, 6.07) is 2.50. The van der Waals surface area contributed by atoms with Crippen LogP contribution in [0.1, 0.15) is 25.2 Å². The van der Waals surface area contributed by atoms with Gasteiger partial charge in [-0.2, -0.15) is 0 Å². The van der Waals surface area contributed by atoms with Gasteiger partial charge < -0.3 is 9.73 Å². The first-order chi connectivity index (χ1) is 8.65. The lowest BCUT2D eigenvalue weighted by molar-refractivity contribution is 0.288. The third kappa shape index (κ3) is 3.93. The van der Waals surface area contributed by atoms with Crippen LogP contribution in [0.5, 0.6) is 0 Å². The van der Waals surface area contributed by atoms with Crippen LogP contribution in [0.25, 0.3) is 0 Å². The van der Waals surface area contributed by atoms with Crippen molar-refractivity contribution in [3.63, 3.8) is 0 Å². The van der Waals surface area contributed by atoms with E-state index in [1.165, 1.54) is 5.56 Å². The molecule has 1 aromatic heterocycles. The zero-order valence-corrected chi connectivity index (χ0v) is 12.0. The second-order valence-electron chi connectivity index (χ2n) is 5.03. The Morgan fingerprint density at radius 1 is 1.44 bits per heavy atom. The smallest absolute Gasteiger partial charge is 0.122 e. The molecule has 0 bridgehead atoms. The van der Waals surface area contributed by atoms with Gasteiger partial charge in [-0.15, -0.1) is 0 Å². The molecule has 102 valence electrons. The van der Waals surface area contributed by atoms with Crippen LogP contribution in [0.15, 0.2) is 16.7 Å². The molecule has 1 fully saturated rings. The van der Waals surface area contributed by atoms with Gasteiger partial charge in [-0.1, -0.05) is 13.8 Å². The molecule has 1 N–H and O–H groups in total. The van der Waals surface area contributed by atoms with Crippen LogP contribution >= 0.6 is 0 Å². The SMILES string of the molecule is CC(C)NCc1occc1CN1CCS(=O)CC1. The van der Waals surface area contributed by atoms with E-state index in [9.17, 15) is 4.21 Å². The van der Waals surface area contributed by atoms with Crippen molar-refractivity contribution in [3.05, 3.63) is 23.7 Å². The molecule has 1 aromatic rings. The molecule has 2 rings (SSSR count). The zero-order valence-electron chi connectivity index (χ0n) is 11.1. The van der Waals surface area contributed by atoms with Crippen LogP contribution in [0.4, 0.5) is 0 Å². The van der Waals surface area contributed by atoms with Crippen LogP contribution in [0.3, 0.4) is 0 Å². The predicted octanol–water partition coefficient (Wildman–Crippen LogP) is 1.34. The van der Waals surface area contributed by atoms with E-state index in [-0.39, 0.29) is 0 Å². The normalized spacial score (nSPS) is 18.6. The largest absolute Gasteiger partial charge is 0.468 e. The van der Waals surface area contributed by atoms with Crippen molar-refractivity contribution >= 4 is 10.8 Å². The Kier molecular flexibility index (Phi) is 4.97. The fourth-order valence-electron chi connectivity index (χ4n) is 2.03. The van der Waals surface area contributed by atoms with E-state index in [0.29, 0.717) is 6.04 Å². The molecule has 5 heteroatoms. The van der Waals surface area contributed by atoms with Gasteiger partial charge in [-0.25, -0.2) is 0 Å². The molecule has 2 heterocycles. The highest BCUT2D eigenvalue weighted by Crippen LogP contribution is 2.14. The minimum absolute atomic E-state index is 0.459. The van der Waals surface area contributed by atoms with E-state index in [0.717, 1.165) is 43.4 Å². The number of hydrogen-bond donors (Lipinski definition) is 1. The highest BCUT2D eigenvalue weighted by Gasteiger charge is 2.17. The molecule has 18 heavy (non-hydrogen) atoms. The first kappa shape index (κ1) is 13.8. The van der Waals surface area contributed by atoms with Gasteiger partial charge in [0.1, 0.15) is 5.76 Å². The van der Waals surface area contributed by atoms with Crippen molar-refractivity contribution in [2.24, 2.45) is 0 Å². The summed E-state index contributed by atoms with van der Waals surface area (Å²) in [6.45, 7) is 7.79. The first-order valence-electron chi connectivity index (χ1n) is 6.51. The predicted molar refractivity (Wildman–Crippen MR) is 73.8 cm³/mol. The molecule has 0 atom stereocenters. The lowest BCUT2D eigenvalue weighted by atomic mass is 10.2. The van der Waals surface area contributed by atoms with Crippen LogP contribution in [-0.4, -0.2) is 39.7 Å². The lowest BCUT2D eigenvalue weighted by Gasteiger charge is -2.25. The van der Waals surface area contributed by atoms with Crippen LogP contribution in [0.2, 0.25) is 0 Å². The van der Waals surface area contributed by atoms with Crippen molar-refractivity contribution in [3.8, 4) is 0 Å². The van der Waals surface area contributed by atoms with Crippen LogP contribution in [-0.2, 0) is 23.9 Å². The Balaban J connectivity index is 1.89. The van der Waals surface area contributed by atoms with E-state index in [1.807, 2.05) is 6.07 Å². The van der Waals surface area contributed by atoms with E-state index in [1.54, 1.807) is 6.26 Å². The summed E-state index contributed by atoms with van der Waals surface area (Å²) in [4.78, 5) is 2.35. The Bertz CT molecular complexity index is 393. The molecule has 0 spiro atoms. The highest BCUT2D eigenvalue weighted by atomic mass is 32.2. The zero-order chi connectivity index (χ0) is 13.0. The monoisotopic (exact) mass is 270 g/mol. The van der Waals surface area contributed by atoms with Gasteiger partial charge in [0.15, 0.2) is 0 Å². The summed E-state index contributed by atoms with van der Waals surface area (Å²) in [6.07, 6.45) is 1.76. The summed E-state index contributed by atoms with van der Waals surface area (Å²) in [5, 5.41) is 3.37. The van der Waals surface area contributed by atoms with E-state index in [4.69, 9.17) is 4.42 Å². The number of nitrogens with one attached hydrogen (secondary N) is 1. The van der Waals surface area contributed by atoms with Crippen molar-refractivity contribution in [2.75, 3.05) is 24.6 Å². The Morgan fingerprint density at radius 3 is 2.83 bits per heavy atom. The summed E-state index contributed by atoms with van der Waals surface area (Å²) < 4.78 is 16.8. The molecule has 4 nitrogen and oxygen atoms in total. The number of rotatable bonds is 5. The molecule has 0 aliphatic carbocycles. The molecule has 0 aromatic carbocycles. The Morgan fingerprint density at radius 2 is 2.17 bits per heavy atom. The summed E-state index contributed by atoms with van der Waals surface area (Å²) in [5.74, 6) is 2.63. The summed E-state index contributed by atoms with van der Waals surface area (Å²) in [5.41, 5.74) is 1.25. The molecule has 1 aliphatic heterocycles. The van der Waals surface area contributed by atoms with Crippen molar-refractivity contribution < 1.29 is 8.63 Å². The van der Waals surface area contributed by atoms with Crippen molar-refractivity contribution in [2.45, 2.75) is 33.0 Å². The third-order valence-corrected chi connectivity index (χ3v) is 4.45. The number of hydrogen-bond acceptors (Lipinski definition) is 4. The number of furan rings is 1. The lowest BCUT2D eigenvalue weighted by Crippen LogP contribution is -2.37. The van der Waals surface area contributed by atoms with Crippen LogP contribution in [0, 0.1) is 0 Å².